The maximum absolute atomic E-state index is 11.7. The average molecular weight is 272 g/mol. The Morgan fingerprint density at radius 2 is 1.72 bits per heavy atom. The summed E-state index contributed by atoms with van der Waals surface area (Å²) in [5, 5.41) is 4.82. The third kappa shape index (κ3) is 5.15. The molecule has 1 rings (SSSR count). The number of nitrogens with one attached hydrogen (secondary N) is 1. The summed E-state index contributed by atoms with van der Waals surface area (Å²) in [6.07, 6.45) is 0. The lowest BCUT2D eigenvalue weighted by Crippen LogP contribution is -2.24. The molecule has 0 spiro atoms. The van der Waals surface area contributed by atoms with Crippen molar-refractivity contribution in [1.29, 1.82) is 0 Å². The Balaban J connectivity index is 2.80. The molecule has 0 fully saturated rings. The van der Waals surface area contributed by atoms with Crippen molar-refractivity contribution < 1.29 is 17.9 Å². The Kier molecular flexibility index (Phi) is 3.98. The number of hydrogen-bond donors (Lipinski definition) is 2. The van der Waals surface area contributed by atoms with Gasteiger partial charge in [-0.25, -0.2) is 9.93 Å². The normalized spacial score (nSPS) is 12.0. The molecular formula is C11H16N2O4S. The Morgan fingerprint density at radius 1 is 1.22 bits per heavy atom. The number of anilines is 1. The molecule has 18 heavy (non-hydrogen) atoms. The first-order valence-corrected chi connectivity index (χ1v) is 6.75. The Labute approximate surface area is 106 Å². The van der Waals surface area contributed by atoms with Gasteiger partial charge in [-0.2, -0.15) is 8.42 Å². The molecule has 0 unspecified atom stereocenters. The first kappa shape index (κ1) is 14.5. The number of benzene rings is 1. The SMILES string of the molecule is CC(C)(C)OC(=O)c1ccc(NS(N)(=O)=O)cc1. The van der Waals surface area contributed by atoms with Crippen LogP contribution in [0, 0.1) is 0 Å². The van der Waals surface area contributed by atoms with Gasteiger partial charge in [0.1, 0.15) is 5.60 Å². The van der Waals surface area contributed by atoms with Gasteiger partial charge in [0.05, 0.1) is 5.56 Å². The van der Waals surface area contributed by atoms with Crippen molar-refractivity contribution in [2.75, 3.05) is 4.72 Å². The quantitative estimate of drug-likeness (QED) is 0.809. The molecule has 1 aromatic carbocycles. The van der Waals surface area contributed by atoms with Crippen LogP contribution < -0.4 is 9.86 Å². The van der Waals surface area contributed by atoms with Crippen LogP contribution in [-0.2, 0) is 14.9 Å². The molecule has 0 aliphatic rings. The minimum absolute atomic E-state index is 0.282. The van der Waals surface area contributed by atoms with Gasteiger partial charge in [-0.15, -0.1) is 0 Å². The van der Waals surface area contributed by atoms with Crippen molar-refractivity contribution in [2.45, 2.75) is 26.4 Å². The maximum Gasteiger partial charge on any atom is 0.338 e. The number of rotatable bonds is 3. The van der Waals surface area contributed by atoms with E-state index >= 15 is 0 Å². The molecule has 0 saturated carbocycles. The zero-order valence-electron chi connectivity index (χ0n) is 10.4. The van der Waals surface area contributed by atoms with Crippen molar-refractivity contribution >= 4 is 21.9 Å². The van der Waals surface area contributed by atoms with Gasteiger partial charge in [0.2, 0.25) is 0 Å². The highest BCUT2D eigenvalue weighted by Crippen LogP contribution is 2.15. The molecule has 100 valence electrons. The molecule has 6 nitrogen and oxygen atoms in total. The van der Waals surface area contributed by atoms with Crippen LogP contribution in [0.4, 0.5) is 5.69 Å². The molecular weight excluding hydrogens is 256 g/mol. The number of carbonyl (C=O) groups excluding carboxylic acids is 1. The van der Waals surface area contributed by atoms with Crippen LogP contribution in [-0.4, -0.2) is 20.0 Å². The lowest BCUT2D eigenvalue weighted by Gasteiger charge is -2.19. The predicted molar refractivity (Wildman–Crippen MR) is 68.3 cm³/mol. The van der Waals surface area contributed by atoms with E-state index in [1.165, 1.54) is 24.3 Å². The minimum Gasteiger partial charge on any atom is -0.456 e. The summed E-state index contributed by atoms with van der Waals surface area (Å²) < 4.78 is 28.8. The summed E-state index contributed by atoms with van der Waals surface area (Å²) in [5.41, 5.74) is 0.0453. The molecule has 0 aliphatic heterocycles. The lowest BCUT2D eigenvalue weighted by molar-refractivity contribution is 0.00696. The highest BCUT2D eigenvalue weighted by molar-refractivity contribution is 7.90. The van der Waals surface area contributed by atoms with E-state index in [4.69, 9.17) is 9.88 Å². The van der Waals surface area contributed by atoms with Gasteiger partial charge in [-0.1, -0.05) is 0 Å². The number of esters is 1. The summed E-state index contributed by atoms with van der Waals surface area (Å²) in [7, 11) is -3.81. The van der Waals surface area contributed by atoms with Gasteiger partial charge in [0, 0.05) is 5.69 Å². The molecule has 3 N–H and O–H groups in total. The van der Waals surface area contributed by atoms with Gasteiger partial charge >= 0.3 is 5.97 Å². The second-order valence-electron chi connectivity index (χ2n) is 4.73. The molecule has 1 aromatic rings. The molecule has 0 aromatic heterocycles. The van der Waals surface area contributed by atoms with E-state index in [1.54, 1.807) is 20.8 Å². The lowest BCUT2D eigenvalue weighted by atomic mass is 10.1. The Bertz CT molecular complexity index is 529. The number of carbonyl (C=O) groups is 1. The van der Waals surface area contributed by atoms with Crippen molar-refractivity contribution in [1.82, 2.24) is 0 Å². The van der Waals surface area contributed by atoms with Crippen molar-refractivity contribution in [3.63, 3.8) is 0 Å². The molecule has 7 heteroatoms. The molecule has 0 radical (unpaired) electrons. The van der Waals surface area contributed by atoms with Gasteiger partial charge in [-0.3, -0.25) is 4.72 Å². The molecule has 0 heterocycles. The van der Waals surface area contributed by atoms with Gasteiger partial charge in [0.15, 0.2) is 0 Å². The predicted octanol–water partition coefficient (Wildman–Crippen LogP) is 1.26. The van der Waals surface area contributed by atoms with E-state index in [0.717, 1.165) is 0 Å². The van der Waals surface area contributed by atoms with Gasteiger partial charge in [-0.05, 0) is 45.0 Å². The molecule has 0 atom stereocenters. The van der Waals surface area contributed by atoms with Crippen LogP contribution in [0.2, 0.25) is 0 Å². The summed E-state index contributed by atoms with van der Waals surface area (Å²) >= 11 is 0. The number of hydrogen-bond acceptors (Lipinski definition) is 4. The first-order valence-electron chi connectivity index (χ1n) is 5.21. The van der Waals surface area contributed by atoms with Gasteiger partial charge in [0.25, 0.3) is 10.2 Å². The van der Waals surface area contributed by atoms with E-state index in [1.807, 2.05) is 0 Å². The second-order valence-corrected chi connectivity index (χ2v) is 6.02. The highest BCUT2D eigenvalue weighted by Gasteiger charge is 2.17. The Morgan fingerprint density at radius 3 is 2.11 bits per heavy atom. The van der Waals surface area contributed by atoms with E-state index in [0.29, 0.717) is 5.56 Å². The molecule has 0 amide bonds. The van der Waals surface area contributed by atoms with E-state index in [-0.39, 0.29) is 5.69 Å². The third-order valence-electron chi connectivity index (χ3n) is 1.78. The Hall–Kier alpha value is -1.60. The van der Waals surface area contributed by atoms with Crippen molar-refractivity contribution in [3.8, 4) is 0 Å². The summed E-state index contributed by atoms with van der Waals surface area (Å²) in [4.78, 5) is 11.7. The van der Waals surface area contributed by atoms with E-state index in [9.17, 15) is 13.2 Å². The highest BCUT2D eigenvalue weighted by atomic mass is 32.2. The fourth-order valence-corrected chi connectivity index (χ4v) is 1.64. The van der Waals surface area contributed by atoms with Crippen LogP contribution in [0.5, 0.6) is 0 Å². The monoisotopic (exact) mass is 272 g/mol. The summed E-state index contributed by atoms with van der Waals surface area (Å²) in [6, 6.07) is 5.79. The largest absolute Gasteiger partial charge is 0.456 e. The zero-order chi connectivity index (χ0) is 14.0. The van der Waals surface area contributed by atoms with Gasteiger partial charge < -0.3 is 4.74 Å². The van der Waals surface area contributed by atoms with Crippen LogP contribution >= 0.6 is 0 Å². The number of nitrogens with two attached hydrogens (primary N) is 1. The third-order valence-corrected chi connectivity index (χ3v) is 2.30. The van der Waals surface area contributed by atoms with E-state index < -0.39 is 21.8 Å². The number of ether oxygens (including phenoxy) is 1. The fourth-order valence-electron chi connectivity index (χ4n) is 1.18. The minimum atomic E-state index is -3.81. The standard InChI is InChI=1S/C11H16N2O4S/c1-11(2,3)17-10(14)8-4-6-9(7-5-8)13-18(12,15)16/h4-7,13H,1-3H3,(H2,12,15,16). The summed E-state index contributed by atoms with van der Waals surface area (Å²) in [5.74, 6) is -0.468. The van der Waals surface area contributed by atoms with E-state index in [2.05, 4.69) is 4.72 Å². The average Bonchev–Trinajstić information content (AvgIpc) is 2.13. The fraction of sp³-hybridized carbons (Fsp3) is 0.364. The smallest absolute Gasteiger partial charge is 0.338 e. The first-order chi connectivity index (χ1) is 8.07. The topological polar surface area (TPSA) is 98.5 Å². The van der Waals surface area contributed by atoms with Crippen LogP contribution in [0.15, 0.2) is 24.3 Å². The summed E-state index contributed by atoms with van der Waals surface area (Å²) in [6.45, 7) is 5.30. The van der Waals surface area contributed by atoms with Crippen molar-refractivity contribution in [2.24, 2.45) is 5.14 Å². The van der Waals surface area contributed by atoms with Crippen molar-refractivity contribution in [3.05, 3.63) is 29.8 Å². The molecule has 0 saturated heterocycles. The zero-order valence-corrected chi connectivity index (χ0v) is 11.2. The molecule has 0 bridgehead atoms. The van der Waals surface area contributed by atoms with Crippen LogP contribution in [0.3, 0.4) is 0 Å². The molecule has 0 aliphatic carbocycles. The second kappa shape index (κ2) is 4.95. The van der Waals surface area contributed by atoms with Crippen LogP contribution in [0.1, 0.15) is 31.1 Å². The maximum atomic E-state index is 11.7. The van der Waals surface area contributed by atoms with Crippen LogP contribution in [0.25, 0.3) is 0 Å².